The largest absolute Gasteiger partial charge is 0.0764 e. The van der Waals surface area contributed by atoms with Crippen LogP contribution in [0.4, 0.5) is 0 Å². The van der Waals surface area contributed by atoms with Gasteiger partial charge in [0, 0.05) is 0 Å². The van der Waals surface area contributed by atoms with E-state index in [-0.39, 0.29) is 0 Å². The second kappa shape index (κ2) is 3.52. The lowest BCUT2D eigenvalue weighted by atomic mass is 9.72. The maximum Gasteiger partial charge on any atom is -0.0162 e. The van der Waals surface area contributed by atoms with E-state index >= 15 is 0 Å². The molecule has 0 spiro atoms. The molecule has 0 amide bonds. The smallest absolute Gasteiger partial charge is 0.0162 e. The van der Waals surface area contributed by atoms with E-state index in [1.165, 1.54) is 48.8 Å². The van der Waals surface area contributed by atoms with Crippen molar-refractivity contribution in [2.45, 2.75) is 39.0 Å². The molecule has 78 valence electrons. The number of fused-ring (bicyclic) bond motifs is 1. The van der Waals surface area contributed by atoms with Crippen LogP contribution in [0.25, 0.3) is 0 Å². The first-order chi connectivity index (χ1) is 7.33. The van der Waals surface area contributed by atoms with E-state index in [1.807, 2.05) is 0 Å². The van der Waals surface area contributed by atoms with Gasteiger partial charge in [0.15, 0.2) is 0 Å². The van der Waals surface area contributed by atoms with Crippen molar-refractivity contribution >= 4 is 0 Å². The van der Waals surface area contributed by atoms with Gasteiger partial charge < -0.3 is 0 Å². The Balaban J connectivity index is 1.86. The minimum absolute atomic E-state index is 0.906. The standard InChI is InChI=1S/C15H18/c1-11-3-2-4-13(9-11)15-8-6-12-5-7-14(12)10-15/h4,8-10,12H,2-3,5-7H2,1H3. The predicted octanol–water partition coefficient (Wildman–Crippen LogP) is 4.32. The minimum Gasteiger partial charge on any atom is -0.0764 e. The molecule has 3 aliphatic rings. The molecule has 0 aliphatic heterocycles. The fourth-order valence-corrected chi connectivity index (χ4v) is 2.76. The van der Waals surface area contributed by atoms with E-state index < -0.39 is 0 Å². The van der Waals surface area contributed by atoms with Crippen LogP contribution in [0.5, 0.6) is 0 Å². The van der Waals surface area contributed by atoms with E-state index in [4.69, 9.17) is 0 Å². The van der Waals surface area contributed by atoms with Crippen molar-refractivity contribution < 1.29 is 0 Å². The lowest BCUT2D eigenvalue weighted by molar-refractivity contribution is 0.441. The summed E-state index contributed by atoms with van der Waals surface area (Å²) in [6.45, 7) is 2.25. The van der Waals surface area contributed by atoms with E-state index in [0.29, 0.717) is 0 Å². The molecular weight excluding hydrogens is 180 g/mol. The van der Waals surface area contributed by atoms with Crippen molar-refractivity contribution in [2.75, 3.05) is 0 Å². The van der Waals surface area contributed by atoms with Crippen molar-refractivity contribution in [1.29, 1.82) is 0 Å². The molecule has 1 fully saturated rings. The van der Waals surface area contributed by atoms with Gasteiger partial charge >= 0.3 is 0 Å². The first-order valence-electron chi connectivity index (χ1n) is 6.11. The van der Waals surface area contributed by atoms with Gasteiger partial charge in [0.1, 0.15) is 0 Å². The molecule has 0 radical (unpaired) electrons. The van der Waals surface area contributed by atoms with Gasteiger partial charge in [-0.05, 0) is 56.1 Å². The molecule has 0 aromatic heterocycles. The highest BCUT2D eigenvalue weighted by atomic mass is 14.3. The van der Waals surface area contributed by atoms with Gasteiger partial charge in [-0.25, -0.2) is 0 Å². The van der Waals surface area contributed by atoms with E-state index in [0.717, 1.165) is 5.92 Å². The van der Waals surface area contributed by atoms with Crippen LogP contribution in [0.15, 0.2) is 46.6 Å². The Morgan fingerprint density at radius 2 is 1.93 bits per heavy atom. The number of hydrogen-bond acceptors (Lipinski definition) is 0. The molecule has 0 N–H and O–H groups in total. The van der Waals surface area contributed by atoms with Crippen molar-refractivity contribution in [1.82, 2.24) is 0 Å². The minimum atomic E-state index is 0.906. The molecular formula is C15H18. The lowest BCUT2D eigenvalue weighted by Crippen LogP contribution is -2.18. The van der Waals surface area contributed by atoms with Gasteiger partial charge in [0.2, 0.25) is 0 Å². The Bertz CT molecular complexity index is 402. The summed E-state index contributed by atoms with van der Waals surface area (Å²) in [6.07, 6.45) is 16.2. The van der Waals surface area contributed by atoms with Gasteiger partial charge in [-0.15, -0.1) is 0 Å². The van der Waals surface area contributed by atoms with Gasteiger partial charge in [-0.3, -0.25) is 0 Å². The summed E-state index contributed by atoms with van der Waals surface area (Å²) in [7, 11) is 0. The summed E-state index contributed by atoms with van der Waals surface area (Å²) in [5.41, 5.74) is 6.18. The third kappa shape index (κ3) is 1.62. The Kier molecular flexibility index (Phi) is 2.16. The zero-order chi connectivity index (χ0) is 10.3. The van der Waals surface area contributed by atoms with Crippen molar-refractivity contribution in [3.63, 3.8) is 0 Å². The maximum absolute atomic E-state index is 2.44. The molecule has 0 heteroatoms. The molecule has 0 bridgehead atoms. The Labute approximate surface area is 92.1 Å². The molecule has 0 aromatic rings. The zero-order valence-electron chi connectivity index (χ0n) is 9.42. The summed E-state index contributed by atoms with van der Waals surface area (Å²) in [6, 6.07) is 0. The average Bonchev–Trinajstić information content (AvgIpc) is 2.20. The summed E-state index contributed by atoms with van der Waals surface area (Å²) in [5.74, 6) is 0.906. The molecule has 0 heterocycles. The predicted molar refractivity (Wildman–Crippen MR) is 64.6 cm³/mol. The fraction of sp³-hybridized carbons (Fsp3) is 0.467. The summed E-state index contributed by atoms with van der Waals surface area (Å²) < 4.78 is 0. The third-order valence-corrected chi connectivity index (χ3v) is 3.91. The molecule has 0 nitrogen and oxygen atoms in total. The highest BCUT2D eigenvalue weighted by Gasteiger charge is 2.26. The second-order valence-electron chi connectivity index (χ2n) is 5.04. The van der Waals surface area contributed by atoms with Gasteiger partial charge in [0.25, 0.3) is 0 Å². The normalized spacial score (nSPS) is 29.3. The summed E-state index contributed by atoms with van der Waals surface area (Å²) >= 11 is 0. The van der Waals surface area contributed by atoms with Crippen LogP contribution in [0, 0.1) is 5.92 Å². The average molecular weight is 198 g/mol. The maximum atomic E-state index is 2.44. The number of rotatable bonds is 1. The molecule has 15 heavy (non-hydrogen) atoms. The van der Waals surface area contributed by atoms with E-state index in [9.17, 15) is 0 Å². The molecule has 1 saturated carbocycles. The Morgan fingerprint density at radius 1 is 1.07 bits per heavy atom. The van der Waals surface area contributed by atoms with Gasteiger partial charge in [0.05, 0.1) is 0 Å². The van der Waals surface area contributed by atoms with Crippen LogP contribution in [0.1, 0.15) is 39.0 Å². The lowest BCUT2D eigenvalue weighted by Gasteiger charge is -2.33. The van der Waals surface area contributed by atoms with Crippen LogP contribution in [-0.4, -0.2) is 0 Å². The molecule has 0 aromatic carbocycles. The summed E-state index contributed by atoms with van der Waals surface area (Å²) in [4.78, 5) is 0. The monoisotopic (exact) mass is 198 g/mol. The van der Waals surface area contributed by atoms with Crippen molar-refractivity contribution in [3.05, 3.63) is 46.6 Å². The Morgan fingerprint density at radius 3 is 2.60 bits per heavy atom. The zero-order valence-corrected chi connectivity index (χ0v) is 9.42. The van der Waals surface area contributed by atoms with E-state index in [2.05, 4.69) is 31.2 Å². The fourth-order valence-electron chi connectivity index (χ4n) is 2.76. The number of hydrogen-bond donors (Lipinski definition) is 0. The van der Waals surface area contributed by atoms with Crippen molar-refractivity contribution in [2.24, 2.45) is 5.92 Å². The van der Waals surface area contributed by atoms with Crippen molar-refractivity contribution in [3.8, 4) is 0 Å². The van der Waals surface area contributed by atoms with Gasteiger partial charge in [-0.1, -0.05) is 35.5 Å². The second-order valence-corrected chi connectivity index (χ2v) is 5.04. The first-order valence-corrected chi connectivity index (χ1v) is 6.11. The number of allylic oxidation sites excluding steroid dienone is 8. The third-order valence-electron chi connectivity index (χ3n) is 3.91. The molecule has 0 saturated heterocycles. The topological polar surface area (TPSA) is 0 Å². The van der Waals surface area contributed by atoms with Crippen LogP contribution in [0.2, 0.25) is 0 Å². The molecule has 1 unspecified atom stereocenters. The molecule has 3 rings (SSSR count). The summed E-state index contributed by atoms with van der Waals surface area (Å²) in [5, 5.41) is 0. The van der Waals surface area contributed by atoms with Crippen LogP contribution < -0.4 is 0 Å². The highest BCUT2D eigenvalue weighted by Crippen LogP contribution is 2.41. The van der Waals surface area contributed by atoms with Gasteiger partial charge in [-0.2, -0.15) is 0 Å². The highest BCUT2D eigenvalue weighted by molar-refractivity contribution is 5.52. The van der Waals surface area contributed by atoms with Crippen LogP contribution >= 0.6 is 0 Å². The van der Waals surface area contributed by atoms with E-state index in [1.54, 1.807) is 5.57 Å². The van der Waals surface area contributed by atoms with Crippen LogP contribution in [0.3, 0.4) is 0 Å². The molecule has 1 atom stereocenters. The first kappa shape index (κ1) is 9.21. The SMILES string of the molecule is CC1=CC(C2=CCC3CCC3=C2)=CCC1. The van der Waals surface area contributed by atoms with Crippen LogP contribution in [-0.2, 0) is 0 Å². The quantitative estimate of drug-likeness (QED) is 0.588. The molecule has 3 aliphatic carbocycles. The Hall–Kier alpha value is -1.04.